The second-order valence-corrected chi connectivity index (χ2v) is 7.24. The molecule has 1 saturated carbocycles. The van der Waals surface area contributed by atoms with Gasteiger partial charge < -0.3 is 20.1 Å². The van der Waals surface area contributed by atoms with E-state index in [0.29, 0.717) is 41.6 Å². The van der Waals surface area contributed by atoms with Gasteiger partial charge in [0.2, 0.25) is 0 Å². The summed E-state index contributed by atoms with van der Waals surface area (Å²) in [5.41, 5.74) is 2.31. The van der Waals surface area contributed by atoms with E-state index < -0.39 is 0 Å². The number of ether oxygens (including phenoxy) is 1. The summed E-state index contributed by atoms with van der Waals surface area (Å²) in [6.07, 6.45) is 2.09. The standard InChI is InChI=1S/C22H24N2O4/c1-2-28-19-9-4-3-7-16(19)21(26)23-17-8-5-6-15-12-24(22(27)20(15)17)18(13-25)14-10-11-14/h3-9,14,18,25H,2,10-13H2,1H3,(H,23,26). The predicted octanol–water partition coefficient (Wildman–Crippen LogP) is 3.06. The van der Waals surface area contributed by atoms with Crippen LogP contribution in [-0.4, -0.2) is 41.1 Å². The average Bonchev–Trinajstić information content (AvgIpc) is 3.48. The molecular formula is C22H24N2O4. The Morgan fingerprint density at radius 3 is 2.75 bits per heavy atom. The number of aliphatic hydroxyl groups excluding tert-OH is 1. The molecule has 0 aromatic heterocycles. The van der Waals surface area contributed by atoms with Crippen LogP contribution in [0.4, 0.5) is 5.69 Å². The number of hydrogen-bond acceptors (Lipinski definition) is 4. The molecule has 2 aliphatic rings. The van der Waals surface area contributed by atoms with Crippen molar-refractivity contribution in [1.82, 2.24) is 4.90 Å². The van der Waals surface area contributed by atoms with Crippen molar-refractivity contribution in [3.8, 4) is 5.75 Å². The molecule has 1 atom stereocenters. The summed E-state index contributed by atoms with van der Waals surface area (Å²) >= 11 is 0. The third-order valence-electron chi connectivity index (χ3n) is 5.40. The number of benzene rings is 2. The van der Waals surface area contributed by atoms with E-state index in [-0.39, 0.29) is 24.5 Å². The second-order valence-electron chi connectivity index (χ2n) is 7.24. The Morgan fingerprint density at radius 1 is 1.25 bits per heavy atom. The van der Waals surface area contributed by atoms with Crippen LogP contribution in [0.15, 0.2) is 42.5 Å². The number of aliphatic hydroxyl groups is 1. The highest BCUT2D eigenvalue weighted by atomic mass is 16.5. The molecule has 0 bridgehead atoms. The summed E-state index contributed by atoms with van der Waals surface area (Å²) in [5.74, 6) is 0.441. The zero-order valence-electron chi connectivity index (χ0n) is 15.9. The predicted molar refractivity (Wildman–Crippen MR) is 105 cm³/mol. The van der Waals surface area contributed by atoms with Crippen LogP contribution in [0.1, 0.15) is 46.0 Å². The van der Waals surface area contributed by atoms with Crippen molar-refractivity contribution in [2.24, 2.45) is 5.92 Å². The lowest BCUT2D eigenvalue weighted by atomic mass is 10.1. The number of hydrogen-bond donors (Lipinski definition) is 2. The summed E-state index contributed by atoms with van der Waals surface area (Å²) < 4.78 is 5.54. The lowest BCUT2D eigenvalue weighted by Gasteiger charge is -2.26. The number of carbonyl (C=O) groups is 2. The Labute approximate surface area is 164 Å². The van der Waals surface area contributed by atoms with Gasteiger partial charge in [-0.1, -0.05) is 24.3 Å². The third-order valence-corrected chi connectivity index (χ3v) is 5.40. The number of rotatable bonds is 7. The fourth-order valence-electron chi connectivity index (χ4n) is 3.86. The summed E-state index contributed by atoms with van der Waals surface area (Å²) in [4.78, 5) is 27.7. The van der Waals surface area contributed by atoms with Crippen molar-refractivity contribution >= 4 is 17.5 Å². The molecule has 2 amide bonds. The molecule has 6 nitrogen and oxygen atoms in total. The molecule has 6 heteroatoms. The number of amides is 2. The van der Waals surface area contributed by atoms with E-state index in [1.165, 1.54) is 0 Å². The highest BCUT2D eigenvalue weighted by molar-refractivity contribution is 6.11. The highest BCUT2D eigenvalue weighted by Crippen LogP contribution is 2.39. The van der Waals surface area contributed by atoms with Gasteiger partial charge in [0.1, 0.15) is 5.75 Å². The molecule has 1 fully saturated rings. The van der Waals surface area contributed by atoms with Crippen molar-refractivity contribution in [2.75, 3.05) is 18.5 Å². The topological polar surface area (TPSA) is 78.9 Å². The molecule has 28 heavy (non-hydrogen) atoms. The van der Waals surface area contributed by atoms with Crippen molar-refractivity contribution in [3.05, 3.63) is 59.2 Å². The first-order chi connectivity index (χ1) is 13.6. The maximum atomic E-state index is 13.1. The minimum Gasteiger partial charge on any atom is -0.493 e. The number of anilines is 1. The van der Waals surface area contributed by atoms with E-state index in [1.807, 2.05) is 25.1 Å². The number of nitrogens with zero attached hydrogens (tertiary/aromatic N) is 1. The Kier molecular flexibility index (Phi) is 5.05. The molecule has 0 radical (unpaired) electrons. The van der Waals surface area contributed by atoms with Crippen molar-refractivity contribution in [3.63, 3.8) is 0 Å². The summed E-state index contributed by atoms with van der Waals surface area (Å²) in [6, 6.07) is 12.4. The van der Waals surface area contributed by atoms with E-state index in [2.05, 4.69) is 5.32 Å². The second kappa shape index (κ2) is 7.64. The monoisotopic (exact) mass is 380 g/mol. The van der Waals surface area contributed by atoms with Crippen LogP contribution in [0.25, 0.3) is 0 Å². The molecule has 1 heterocycles. The first-order valence-corrected chi connectivity index (χ1v) is 9.71. The molecule has 1 aliphatic carbocycles. The molecule has 2 aromatic carbocycles. The number of para-hydroxylation sites is 1. The van der Waals surface area contributed by atoms with Crippen LogP contribution in [0.3, 0.4) is 0 Å². The summed E-state index contributed by atoms with van der Waals surface area (Å²) in [6.45, 7) is 2.76. The smallest absolute Gasteiger partial charge is 0.259 e. The normalized spacial score (nSPS) is 16.6. The first kappa shape index (κ1) is 18.5. The lowest BCUT2D eigenvalue weighted by Crippen LogP contribution is -2.39. The van der Waals surface area contributed by atoms with Gasteiger partial charge in [-0.05, 0) is 49.4 Å². The Morgan fingerprint density at radius 2 is 2.04 bits per heavy atom. The number of carbonyl (C=O) groups excluding carboxylic acids is 2. The molecule has 2 N–H and O–H groups in total. The van der Waals surface area contributed by atoms with Gasteiger partial charge in [-0.2, -0.15) is 0 Å². The lowest BCUT2D eigenvalue weighted by molar-refractivity contribution is 0.0581. The minimum absolute atomic E-state index is 0.0339. The van der Waals surface area contributed by atoms with E-state index >= 15 is 0 Å². The fourth-order valence-corrected chi connectivity index (χ4v) is 3.86. The molecule has 4 rings (SSSR count). The fraction of sp³-hybridized carbons (Fsp3) is 0.364. The van der Waals surface area contributed by atoms with Gasteiger partial charge >= 0.3 is 0 Å². The molecule has 2 aromatic rings. The van der Waals surface area contributed by atoms with E-state index in [4.69, 9.17) is 4.74 Å². The van der Waals surface area contributed by atoms with Crippen LogP contribution < -0.4 is 10.1 Å². The quantitative estimate of drug-likeness (QED) is 0.774. The van der Waals surface area contributed by atoms with Crippen molar-refractivity contribution < 1.29 is 19.4 Å². The number of nitrogens with one attached hydrogen (secondary N) is 1. The Bertz CT molecular complexity index is 907. The molecular weight excluding hydrogens is 356 g/mol. The third kappa shape index (κ3) is 3.36. The van der Waals surface area contributed by atoms with Gasteiger partial charge in [-0.25, -0.2) is 0 Å². The summed E-state index contributed by atoms with van der Waals surface area (Å²) in [5, 5.41) is 12.6. The first-order valence-electron chi connectivity index (χ1n) is 9.71. The Hall–Kier alpha value is -2.86. The average molecular weight is 380 g/mol. The van der Waals surface area contributed by atoms with Crippen LogP contribution in [0.5, 0.6) is 5.75 Å². The van der Waals surface area contributed by atoms with Crippen molar-refractivity contribution in [1.29, 1.82) is 0 Å². The maximum Gasteiger partial charge on any atom is 0.259 e. The highest BCUT2D eigenvalue weighted by Gasteiger charge is 2.41. The minimum atomic E-state index is -0.315. The SMILES string of the molecule is CCOc1ccccc1C(=O)Nc1cccc2c1C(=O)N(C(CO)C1CC1)C2. The zero-order chi connectivity index (χ0) is 19.7. The molecule has 1 unspecified atom stereocenters. The van der Waals surface area contributed by atoms with Gasteiger partial charge in [0.05, 0.1) is 36.1 Å². The van der Waals surface area contributed by atoms with Gasteiger partial charge in [0, 0.05) is 6.54 Å². The molecule has 0 saturated heterocycles. The Balaban J connectivity index is 1.60. The molecule has 146 valence electrons. The van der Waals surface area contributed by atoms with Crippen molar-refractivity contribution in [2.45, 2.75) is 32.4 Å². The van der Waals surface area contributed by atoms with E-state index in [9.17, 15) is 14.7 Å². The van der Waals surface area contributed by atoms with Gasteiger partial charge in [0.25, 0.3) is 11.8 Å². The van der Waals surface area contributed by atoms with Gasteiger partial charge in [-0.15, -0.1) is 0 Å². The largest absolute Gasteiger partial charge is 0.493 e. The van der Waals surface area contributed by atoms with Gasteiger partial charge in [0.15, 0.2) is 0 Å². The van der Waals surface area contributed by atoms with Crippen LogP contribution in [-0.2, 0) is 6.54 Å². The molecule has 0 spiro atoms. The molecule has 1 aliphatic heterocycles. The van der Waals surface area contributed by atoms with Crippen LogP contribution in [0.2, 0.25) is 0 Å². The summed E-state index contributed by atoms with van der Waals surface area (Å²) in [7, 11) is 0. The van der Waals surface area contributed by atoms with Crippen LogP contribution in [0, 0.1) is 5.92 Å². The van der Waals surface area contributed by atoms with E-state index in [1.54, 1.807) is 29.2 Å². The van der Waals surface area contributed by atoms with Gasteiger partial charge in [-0.3, -0.25) is 9.59 Å². The van der Waals surface area contributed by atoms with E-state index in [0.717, 1.165) is 18.4 Å². The maximum absolute atomic E-state index is 13.1. The van der Waals surface area contributed by atoms with Crippen LogP contribution >= 0.6 is 0 Å². The zero-order valence-corrected chi connectivity index (χ0v) is 15.9. The number of fused-ring (bicyclic) bond motifs is 1.